The fraction of sp³-hybridized carbons (Fsp3) is 0.733. The van der Waals surface area contributed by atoms with Crippen LogP contribution in [0.2, 0.25) is 0 Å². The van der Waals surface area contributed by atoms with Crippen molar-refractivity contribution in [3.8, 4) is 0 Å². The van der Waals surface area contributed by atoms with Gasteiger partial charge < -0.3 is 5.32 Å². The van der Waals surface area contributed by atoms with Crippen molar-refractivity contribution in [3.05, 3.63) is 21.9 Å². The summed E-state index contributed by atoms with van der Waals surface area (Å²) in [6.45, 7) is 12.6. The monoisotopic (exact) mass is 266 g/mol. The van der Waals surface area contributed by atoms with E-state index in [-0.39, 0.29) is 5.54 Å². The second-order valence-electron chi connectivity index (χ2n) is 6.07. The van der Waals surface area contributed by atoms with Crippen molar-refractivity contribution in [3.63, 3.8) is 0 Å². The lowest BCUT2D eigenvalue weighted by atomic mass is 10.1. The SMILES string of the molecule is CCc1ccc(CN2CC(C)(C)NCCC2C)s1. The van der Waals surface area contributed by atoms with Crippen LogP contribution in [0.1, 0.15) is 43.9 Å². The minimum atomic E-state index is 0.232. The average molecular weight is 266 g/mol. The molecule has 1 atom stereocenters. The quantitative estimate of drug-likeness (QED) is 0.903. The normalized spacial score (nSPS) is 25.0. The number of thiophene rings is 1. The first-order valence-electron chi connectivity index (χ1n) is 7.07. The van der Waals surface area contributed by atoms with Gasteiger partial charge in [-0.2, -0.15) is 0 Å². The summed E-state index contributed by atoms with van der Waals surface area (Å²) in [4.78, 5) is 5.65. The van der Waals surface area contributed by atoms with Crippen molar-refractivity contribution < 1.29 is 0 Å². The summed E-state index contributed by atoms with van der Waals surface area (Å²) < 4.78 is 0. The molecule has 1 aromatic heterocycles. The molecule has 2 nitrogen and oxygen atoms in total. The summed E-state index contributed by atoms with van der Waals surface area (Å²) in [5.41, 5.74) is 0.232. The van der Waals surface area contributed by atoms with E-state index in [1.165, 1.54) is 16.2 Å². The van der Waals surface area contributed by atoms with Gasteiger partial charge in [-0.1, -0.05) is 6.92 Å². The van der Waals surface area contributed by atoms with E-state index in [0.29, 0.717) is 6.04 Å². The predicted octanol–water partition coefficient (Wildman–Crippen LogP) is 3.27. The summed E-state index contributed by atoms with van der Waals surface area (Å²) in [6, 6.07) is 5.26. The minimum absolute atomic E-state index is 0.232. The van der Waals surface area contributed by atoms with E-state index < -0.39 is 0 Å². The summed E-state index contributed by atoms with van der Waals surface area (Å²) in [6.07, 6.45) is 2.41. The molecule has 1 aliphatic rings. The van der Waals surface area contributed by atoms with E-state index in [1.54, 1.807) is 0 Å². The molecule has 102 valence electrons. The Bertz CT molecular complexity index is 384. The third-order valence-electron chi connectivity index (χ3n) is 3.81. The number of nitrogens with zero attached hydrogens (tertiary/aromatic N) is 1. The molecule has 0 radical (unpaired) electrons. The minimum Gasteiger partial charge on any atom is -0.310 e. The Morgan fingerprint density at radius 3 is 2.78 bits per heavy atom. The molecule has 3 heteroatoms. The van der Waals surface area contributed by atoms with Crippen LogP contribution in [-0.2, 0) is 13.0 Å². The molecule has 0 aromatic carbocycles. The molecular weight excluding hydrogens is 240 g/mol. The maximum atomic E-state index is 3.65. The van der Waals surface area contributed by atoms with Crippen LogP contribution in [0.5, 0.6) is 0 Å². The van der Waals surface area contributed by atoms with Crippen molar-refractivity contribution in [2.45, 2.75) is 58.7 Å². The van der Waals surface area contributed by atoms with Gasteiger partial charge in [-0.3, -0.25) is 4.90 Å². The van der Waals surface area contributed by atoms with Crippen LogP contribution in [0, 0.1) is 0 Å². The van der Waals surface area contributed by atoms with Gasteiger partial charge in [0.05, 0.1) is 0 Å². The number of rotatable bonds is 3. The Kier molecular flexibility index (Phi) is 4.46. The van der Waals surface area contributed by atoms with E-state index in [4.69, 9.17) is 0 Å². The van der Waals surface area contributed by atoms with Crippen LogP contribution < -0.4 is 5.32 Å². The van der Waals surface area contributed by atoms with E-state index in [9.17, 15) is 0 Å². The van der Waals surface area contributed by atoms with Crippen molar-refractivity contribution in [1.82, 2.24) is 10.2 Å². The molecule has 2 heterocycles. The highest BCUT2D eigenvalue weighted by Crippen LogP contribution is 2.23. The first-order chi connectivity index (χ1) is 8.50. The van der Waals surface area contributed by atoms with E-state index >= 15 is 0 Å². The van der Waals surface area contributed by atoms with Crippen LogP contribution in [0.3, 0.4) is 0 Å². The van der Waals surface area contributed by atoms with Gasteiger partial charge in [-0.25, -0.2) is 0 Å². The van der Waals surface area contributed by atoms with Gasteiger partial charge in [-0.05, 0) is 52.3 Å². The molecule has 1 N–H and O–H groups in total. The van der Waals surface area contributed by atoms with Crippen molar-refractivity contribution >= 4 is 11.3 Å². The summed E-state index contributed by atoms with van der Waals surface area (Å²) >= 11 is 1.97. The first-order valence-corrected chi connectivity index (χ1v) is 7.88. The molecule has 1 saturated heterocycles. The first kappa shape index (κ1) is 14.0. The van der Waals surface area contributed by atoms with Gasteiger partial charge in [0.2, 0.25) is 0 Å². The lowest BCUT2D eigenvalue weighted by Gasteiger charge is -2.32. The van der Waals surface area contributed by atoms with Crippen LogP contribution in [0.25, 0.3) is 0 Å². The topological polar surface area (TPSA) is 15.3 Å². The molecule has 18 heavy (non-hydrogen) atoms. The van der Waals surface area contributed by atoms with Gasteiger partial charge in [0, 0.05) is 34.4 Å². The predicted molar refractivity (Wildman–Crippen MR) is 80.3 cm³/mol. The van der Waals surface area contributed by atoms with Gasteiger partial charge in [0.25, 0.3) is 0 Å². The van der Waals surface area contributed by atoms with Gasteiger partial charge in [-0.15, -0.1) is 11.3 Å². The maximum Gasteiger partial charge on any atom is 0.0331 e. The Hall–Kier alpha value is -0.380. The lowest BCUT2D eigenvalue weighted by molar-refractivity contribution is 0.174. The highest BCUT2D eigenvalue weighted by atomic mass is 32.1. The summed E-state index contributed by atoms with van der Waals surface area (Å²) in [7, 11) is 0. The highest BCUT2D eigenvalue weighted by molar-refractivity contribution is 7.11. The van der Waals surface area contributed by atoms with Crippen LogP contribution in [-0.4, -0.2) is 29.6 Å². The third-order valence-corrected chi connectivity index (χ3v) is 5.03. The smallest absolute Gasteiger partial charge is 0.0331 e. The number of aryl methyl sites for hydroxylation is 1. The molecule has 2 rings (SSSR count). The molecule has 0 bridgehead atoms. The molecule has 0 amide bonds. The van der Waals surface area contributed by atoms with Crippen molar-refractivity contribution in [1.29, 1.82) is 0 Å². The van der Waals surface area contributed by atoms with Gasteiger partial charge in [0.1, 0.15) is 0 Å². The molecule has 1 aromatic rings. The summed E-state index contributed by atoms with van der Waals surface area (Å²) in [5.74, 6) is 0. The van der Waals surface area contributed by atoms with Crippen LogP contribution >= 0.6 is 11.3 Å². The Balaban J connectivity index is 2.05. The molecular formula is C15H26N2S. The standard InChI is InChI=1S/C15H26N2S/c1-5-13-6-7-14(18-13)10-17-11-15(3,4)16-9-8-12(17)2/h6-7,12,16H,5,8-11H2,1-4H3. The molecule has 1 unspecified atom stereocenters. The Labute approximate surface area is 115 Å². The van der Waals surface area contributed by atoms with E-state index in [1.807, 2.05) is 11.3 Å². The fourth-order valence-electron chi connectivity index (χ4n) is 2.63. The molecule has 0 spiro atoms. The van der Waals surface area contributed by atoms with Crippen LogP contribution in [0.4, 0.5) is 0 Å². The van der Waals surface area contributed by atoms with Crippen molar-refractivity contribution in [2.24, 2.45) is 0 Å². The lowest BCUT2D eigenvalue weighted by Crippen LogP contribution is -2.47. The average Bonchev–Trinajstić information content (AvgIpc) is 2.70. The van der Waals surface area contributed by atoms with Gasteiger partial charge in [0.15, 0.2) is 0 Å². The van der Waals surface area contributed by atoms with Gasteiger partial charge >= 0.3 is 0 Å². The third kappa shape index (κ3) is 3.56. The second-order valence-corrected chi connectivity index (χ2v) is 7.33. The number of nitrogens with one attached hydrogen (secondary N) is 1. The Morgan fingerprint density at radius 1 is 1.39 bits per heavy atom. The molecule has 1 fully saturated rings. The second kappa shape index (κ2) is 5.72. The molecule has 0 saturated carbocycles. The van der Waals surface area contributed by atoms with E-state index in [0.717, 1.165) is 26.1 Å². The molecule has 0 aliphatic carbocycles. The largest absolute Gasteiger partial charge is 0.310 e. The zero-order valence-corrected chi connectivity index (χ0v) is 12.9. The zero-order chi connectivity index (χ0) is 13.2. The summed E-state index contributed by atoms with van der Waals surface area (Å²) in [5, 5.41) is 3.65. The fourth-order valence-corrected chi connectivity index (χ4v) is 3.61. The highest BCUT2D eigenvalue weighted by Gasteiger charge is 2.27. The number of hydrogen-bond donors (Lipinski definition) is 1. The maximum absolute atomic E-state index is 3.65. The van der Waals surface area contributed by atoms with Crippen LogP contribution in [0.15, 0.2) is 12.1 Å². The Morgan fingerprint density at radius 2 is 2.11 bits per heavy atom. The zero-order valence-electron chi connectivity index (χ0n) is 12.1. The number of hydrogen-bond acceptors (Lipinski definition) is 3. The van der Waals surface area contributed by atoms with E-state index in [2.05, 4.69) is 50.0 Å². The van der Waals surface area contributed by atoms with Crippen molar-refractivity contribution in [2.75, 3.05) is 13.1 Å². The molecule has 1 aliphatic heterocycles.